The average molecular weight is 247 g/mol. The lowest BCUT2D eigenvalue weighted by atomic mass is 10.2. The molecular formula is C13H17N3S. The first-order valence-corrected chi connectivity index (χ1v) is 6.42. The standard InChI is InChI=1S/C13H17N3S/c1-15(2)12(11-7-5-4-6-8-11)17-13-14-9-10-16(13)3/h4-10,12H,1-3H3. The molecule has 0 saturated heterocycles. The highest BCUT2D eigenvalue weighted by molar-refractivity contribution is 7.99. The van der Waals surface area contributed by atoms with Crippen LogP contribution in [0.3, 0.4) is 0 Å². The van der Waals surface area contributed by atoms with Crippen LogP contribution in [0, 0.1) is 0 Å². The Bertz CT molecular complexity index is 465. The molecule has 17 heavy (non-hydrogen) atoms. The molecule has 2 aromatic rings. The summed E-state index contributed by atoms with van der Waals surface area (Å²) in [5.74, 6) is 0. The van der Waals surface area contributed by atoms with Crippen LogP contribution in [0.1, 0.15) is 10.9 Å². The lowest BCUT2D eigenvalue weighted by Gasteiger charge is -2.23. The molecule has 0 aliphatic carbocycles. The molecular weight excluding hydrogens is 230 g/mol. The van der Waals surface area contributed by atoms with Crippen molar-refractivity contribution in [3.05, 3.63) is 48.3 Å². The Balaban J connectivity index is 2.22. The van der Waals surface area contributed by atoms with Crippen LogP contribution in [0.25, 0.3) is 0 Å². The summed E-state index contributed by atoms with van der Waals surface area (Å²) in [4.78, 5) is 6.57. The number of rotatable bonds is 4. The maximum absolute atomic E-state index is 4.36. The number of thioether (sulfide) groups is 1. The summed E-state index contributed by atoms with van der Waals surface area (Å²) < 4.78 is 2.05. The largest absolute Gasteiger partial charge is 0.329 e. The highest BCUT2D eigenvalue weighted by Gasteiger charge is 2.17. The van der Waals surface area contributed by atoms with Crippen molar-refractivity contribution >= 4 is 11.8 Å². The zero-order valence-electron chi connectivity index (χ0n) is 10.4. The SMILES string of the molecule is CN(C)C(Sc1nccn1C)c1ccccc1. The predicted octanol–water partition coefficient (Wildman–Crippen LogP) is 2.77. The van der Waals surface area contributed by atoms with Gasteiger partial charge >= 0.3 is 0 Å². The molecule has 0 spiro atoms. The Labute approximate surface area is 106 Å². The average Bonchev–Trinajstić information content (AvgIpc) is 2.72. The van der Waals surface area contributed by atoms with E-state index in [1.807, 2.05) is 30.1 Å². The van der Waals surface area contributed by atoms with Crippen molar-refractivity contribution in [2.24, 2.45) is 7.05 Å². The Morgan fingerprint density at radius 3 is 2.47 bits per heavy atom. The van der Waals surface area contributed by atoms with Gasteiger partial charge in [-0.05, 0) is 19.7 Å². The van der Waals surface area contributed by atoms with Gasteiger partial charge in [0, 0.05) is 19.4 Å². The maximum atomic E-state index is 4.36. The normalized spacial score (nSPS) is 12.9. The van der Waals surface area contributed by atoms with Crippen molar-refractivity contribution in [1.82, 2.24) is 14.5 Å². The molecule has 0 aliphatic heterocycles. The molecule has 1 atom stereocenters. The summed E-state index contributed by atoms with van der Waals surface area (Å²) >= 11 is 1.76. The van der Waals surface area contributed by atoms with E-state index in [0.717, 1.165) is 5.16 Å². The van der Waals surface area contributed by atoms with Gasteiger partial charge in [0.1, 0.15) is 0 Å². The third-order valence-corrected chi connectivity index (χ3v) is 4.07. The first-order valence-electron chi connectivity index (χ1n) is 5.54. The summed E-state index contributed by atoms with van der Waals surface area (Å²) in [5, 5.41) is 1.32. The Morgan fingerprint density at radius 1 is 1.24 bits per heavy atom. The van der Waals surface area contributed by atoms with Gasteiger partial charge < -0.3 is 4.57 Å². The molecule has 0 saturated carbocycles. The number of benzene rings is 1. The minimum absolute atomic E-state index is 0.289. The van der Waals surface area contributed by atoms with Gasteiger partial charge in [0.2, 0.25) is 0 Å². The number of nitrogens with zero attached hydrogens (tertiary/aromatic N) is 3. The van der Waals surface area contributed by atoms with Crippen molar-refractivity contribution in [3.63, 3.8) is 0 Å². The van der Waals surface area contributed by atoms with Gasteiger partial charge in [0.05, 0.1) is 5.37 Å². The minimum Gasteiger partial charge on any atom is -0.329 e. The molecule has 1 heterocycles. The van der Waals surface area contributed by atoms with Crippen molar-refractivity contribution in [2.75, 3.05) is 14.1 Å². The van der Waals surface area contributed by atoms with Crippen molar-refractivity contribution in [3.8, 4) is 0 Å². The van der Waals surface area contributed by atoms with E-state index < -0.39 is 0 Å². The quantitative estimate of drug-likeness (QED) is 0.612. The smallest absolute Gasteiger partial charge is 0.169 e. The van der Waals surface area contributed by atoms with Gasteiger partial charge in [0.15, 0.2) is 5.16 Å². The topological polar surface area (TPSA) is 21.1 Å². The van der Waals surface area contributed by atoms with Gasteiger partial charge in [0.25, 0.3) is 0 Å². The van der Waals surface area contributed by atoms with Crippen molar-refractivity contribution in [2.45, 2.75) is 10.5 Å². The number of hydrogen-bond donors (Lipinski definition) is 0. The number of hydrogen-bond acceptors (Lipinski definition) is 3. The Hall–Kier alpha value is -1.26. The molecule has 1 aromatic carbocycles. The molecule has 4 heteroatoms. The van der Waals surface area contributed by atoms with Crippen LogP contribution in [-0.4, -0.2) is 28.5 Å². The summed E-state index contributed by atoms with van der Waals surface area (Å²) in [5.41, 5.74) is 1.30. The monoisotopic (exact) mass is 247 g/mol. The molecule has 0 radical (unpaired) electrons. The van der Waals surface area contributed by atoms with Crippen LogP contribution in [0.4, 0.5) is 0 Å². The fraction of sp³-hybridized carbons (Fsp3) is 0.308. The van der Waals surface area contributed by atoms with Crippen LogP contribution < -0.4 is 0 Å². The Kier molecular flexibility index (Phi) is 3.86. The molecule has 0 fully saturated rings. The summed E-state index contributed by atoms with van der Waals surface area (Å²) in [7, 11) is 6.20. The van der Waals surface area contributed by atoms with Gasteiger partial charge in [-0.25, -0.2) is 4.98 Å². The summed E-state index contributed by atoms with van der Waals surface area (Å²) in [6.07, 6.45) is 3.81. The van der Waals surface area contributed by atoms with Crippen LogP contribution in [0.2, 0.25) is 0 Å². The van der Waals surface area contributed by atoms with Gasteiger partial charge in [-0.2, -0.15) is 0 Å². The highest BCUT2D eigenvalue weighted by Crippen LogP contribution is 2.35. The molecule has 0 bridgehead atoms. The van der Waals surface area contributed by atoms with Gasteiger partial charge in [-0.15, -0.1) is 0 Å². The van der Waals surface area contributed by atoms with Crippen LogP contribution in [0.15, 0.2) is 47.9 Å². The fourth-order valence-electron chi connectivity index (χ4n) is 1.65. The number of aryl methyl sites for hydroxylation is 1. The zero-order chi connectivity index (χ0) is 12.3. The van der Waals surface area contributed by atoms with E-state index in [1.54, 1.807) is 11.8 Å². The van der Waals surface area contributed by atoms with Crippen molar-refractivity contribution in [1.29, 1.82) is 0 Å². The van der Waals surface area contributed by atoms with Crippen LogP contribution in [-0.2, 0) is 7.05 Å². The van der Waals surface area contributed by atoms with E-state index in [9.17, 15) is 0 Å². The van der Waals surface area contributed by atoms with Gasteiger partial charge in [-0.1, -0.05) is 42.1 Å². The summed E-state index contributed by atoms with van der Waals surface area (Å²) in [6.45, 7) is 0. The van der Waals surface area contributed by atoms with E-state index in [2.05, 4.69) is 48.2 Å². The molecule has 0 N–H and O–H groups in total. The molecule has 0 aliphatic rings. The first-order chi connectivity index (χ1) is 8.18. The second-order valence-corrected chi connectivity index (χ2v) is 5.21. The highest BCUT2D eigenvalue weighted by atomic mass is 32.2. The maximum Gasteiger partial charge on any atom is 0.169 e. The predicted molar refractivity (Wildman–Crippen MR) is 71.9 cm³/mol. The van der Waals surface area contributed by atoms with E-state index in [0.29, 0.717) is 0 Å². The minimum atomic E-state index is 0.289. The zero-order valence-corrected chi connectivity index (χ0v) is 11.2. The third-order valence-electron chi connectivity index (χ3n) is 2.55. The van der Waals surface area contributed by atoms with E-state index in [-0.39, 0.29) is 5.37 Å². The number of imidazole rings is 1. The van der Waals surface area contributed by atoms with E-state index >= 15 is 0 Å². The molecule has 3 nitrogen and oxygen atoms in total. The number of aromatic nitrogens is 2. The molecule has 2 rings (SSSR count). The van der Waals surface area contributed by atoms with Gasteiger partial charge in [-0.3, -0.25) is 4.90 Å². The van der Waals surface area contributed by atoms with Crippen LogP contribution in [0.5, 0.6) is 0 Å². The van der Waals surface area contributed by atoms with Crippen LogP contribution >= 0.6 is 11.8 Å². The van der Waals surface area contributed by atoms with Crippen molar-refractivity contribution < 1.29 is 0 Å². The fourth-order valence-corrected chi connectivity index (χ4v) is 2.71. The second kappa shape index (κ2) is 5.38. The van der Waals surface area contributed by atoms with E-state index in [4.69, 9.17) is 0 Å². The summed E-state index contributed by atoms with van der Waals surface area (Å²) in [6, 6.07) is 10.5. The molecule has 0 amide bonds. The lowest BCUT2D eigenvalue weighted by Crippen LogP contribution is -2.17. The molecule has 1 unspecified atom stereocenters. The second-order valence-electron chi connectivity index (χ2n) is 4.17. The molecule has 1 aromatic heterocycles. The van der Waals surface area contributed by atoms with E-state index in [1.165, 1.54) is 5.56 Å². The third kappa shape index (κ3) is 2.90. The molecule has 90 valence electrons. The first kappa shape index (κ1) is 12.2. The Morgan fingerprint density at radius 2 is 1.94 bits per heavy atom. The lowest BCUT2D eigenvalue weighted by molar-refractivity contribution is 0.390.